The Kier molecular flexibility index (Phi) is 7.09. The molecule has 0 aromatic heterocycles. The summed E-state index contributed by atoms with van der Waals surface area (Å²) in [7, 11) is 0. The first-order valence-electron chi connectivity index (χ1n) is 10.5. The predicted molar refractivity (Wildman–Crippen MR) is 114 cm³/mol. The molecular formula is C25H35NO. The van der Waals surface area contributed by atoms with E-state index >= 15 is 0 Å². The normalized spacial score (nSPS) is 27.4. The summed E-state index contributed by atoms with van der Waals surface area (Å²) in [6, 6.07) is 21.9. The molecule has 2 nitrogen and oxygen atoms in total. The molecule has 0 saturated carbocycles. The van der Waals surface area contributed by atoms with Crippen LogP contribution in [0.2, 0.25) is 0 Å². The van der Waals surface area contributed by atoms with Gasteiger partial charge in [0.15, 0.2) is 0 Å². The van der Waals surface area contributed by atoms with Gasteiger partial charge in [-0.2, -0.15) is 0 Å². The largest absolute Gasteiger partial charge is 0.375 e. The van der Waals surface area contributed by atoms with Gasteiger partial charge in [-0.05, 0) is 34.8 Å². The zero-order valence-corrected chi connectivity index (χ0v) is 17.3. The summed E-state index contributed by atoms with van der Waals surface area (Å²) in [5.41, 5.74) is 2.69. The third kappa shape index (κ3) is 5.21. The maximum Gasteiger partial charge on any atom is 0.0717 e. The third-order valence-corrected chi connectivity index (χ3v) is 6.60. The molecular weight excluding hydrogens is 330 g/mol. The van der Waals surface area contributed by atoms with Crippen LogP contribution in [0.25, 0.3) is 0 Å². The number of hydrogen-bond acceptors (Lipinski definition) is 2. The van der Waals surface area contributed by atoms with Crippen molar-refractivity contribution in [3.8, 4) is 0 Å². The Morgan fingerprint density at radius 3 is 2.22 bits per heavy atom. The zero-order valence-electron chi connectivity index (χ0n) is 17.3. The van der Waals surface area contributed by atoms with E-state index < -0.39 is 0 Å². The molecule has 1 aliphatic heterocycles. The highest BCUT2D eigenvalue weighted by atomic mass is 16.5. The van der Waals surface area contributed by atoms with Crippen molar-refractivity contribution in [2.75, 3.05) is 19.7 Å². The molecule has 1 fully saturated rings. The molecule has 5 atom stereocenters. The van der Waals surface area contributed by atoms with Crippen molar-refractivity contribution >= 4 is 0 Å². The van der Waals surface area contributed by atoms with E-state index in [-0.39, 0.29) is 0 Å². The van der Waals surface area contributed by atoms with E-state index in [9.17, 15) is 0 Å². The monoisotopic (exact) mass is 365 g/mol. The van der Waals surface area contributed by atoms with Gasteiger partial charge in [0.2, 0.25) is 0 Å². The second kappa shape index (κ2) is 9.52. The summed E-state index contributed by atoms with van der Waals surface area (Å²) in [4.78, 5) is 2.69. The zero-order chi connectivity index (χ0) is 19.2. The Labute approximate surface area is 165 Å². The van der Waals surface area contributed by atoms with Crippen molar-refractivity contribution < 1.29 is 4.74 Å². The molecule has 3 rings (SSSR count). The number of ether oxygens (including phenoxy) is 1. The molecule has 1 heterocycles. The molecule has 1 aliphatic rings. The number of rotatable bonds is 7. The maximum atomic E-state index is 6.19. The van der Waals surface area contributed by atoms with Crippen LogP contribution in [0.1, 0.15) is 44.7 Å². The summed E-state index contributed by atoms with van der Waals surface area (Å²) in [5, 5.41) is 0. The standard InChI is InChI=1S/C25H35NO/c1-19-15-26(16-20(2)24-13-9-6-10-14-24)25(22(4)21(19)3)18-27-17-23-11-7-5-8-12-23/h5-14,19-22,25H,15-18H2,1-4H3/t19?,20-,21?,22?,25?/m1/s1. The van der Waals surface area contributed by atoms with Crippen molar-refractivity contribution in [1.29, 1.82) is 0 Å². The van der Waals surface area contributed by atoms with Gasteiger partial charge in [0.05, 0.1) is 13.2 Å². The van der Waals surface area contributed by atoms with Gasteiger partial charge in [-0.15, -0.1) is 0 Å². The minimum atomic E-state index is 0.492. The highest BCUT2D eigenvalue weighted by Crippen LogP contribution is 2.34. The van der Waals surface area contributed by atoms with Gasteiger partial charge < -0.3 is 4.74 Å². The average Bonchev–Trinajstić information content (AvgIpc) is 2.70. The minimum absolute atomic E-state index is 0.492. The SMILES string of the molecule is CC1CN(C[C@@H](C)c2ccccc2)C(COCc2ccccc2)C(C)C1C. The van der Waals surface area contributed by atoms with Gasteiger partial charge in [0, 0.05) is 19.1 Å². The lowest BCUT2D eigenvalue weighted by Crippen LogP contribution is -2.54. The van der Waals surface area contributed by atoms with E-state index in [1.54, 1.807) is 0 Å². The number of benzene rings is 2. The van der Waals surface area contributed by atoms with E-state index in [0.717, 1.165) is 25.0 Å². The lowest BCUT2D eigenvalue weighted by atomic mass is 9.76. The molecule has 1 saturated heterocycles. The van der Waals surface area contributed by atoms with E-state index in [0.29, 0.717) is 24.5 Å². The Hall–Kier alpha value is -1.64. The Bertz CT molecular complexity index is 671. The van der Waals surface area contributed by atoms with Crippen LogP contribution in [0.4, 0.5) is 0 Å². The molecule has 0 spiro atoms. The van der Waals surface area contributed by atoms with Gasteiger partial charge in [-0.1, -0.05) is 88.4 Å². The molecule has 0 aliphatic carbocycles. The van der Waals surface area contributed by atoms with Gasteiger partial charge >= 0.3 is 0 Å². The topological polar surface area (TPSA) is 12.5 Å². The number of nitrogens with zero attached hydrogens (tertiary/aromatic N) is 1. The van der Waals surface area contributed by atoms with E-state index in [1.165, 1.54) is 17.7 Å². The lowest BCUT2D eigenvalue weighted by Gasteiger charge is -2.47. The molecule has 2 aromatic carbocycles. The highest BCUT2D eigenvalue weighted by Gasteiger charge is 2.37. The molecule has 2 aromatic rings. The summed E-state index contributed by atoms with van der Waals surface area (Å²) >= 11 is 0. The molecule has 0 radical (unpaired) electrons. The predicted octanol–water partition coefficient (Wildman–Crippen LogP) is 5.60. The Morgan fingerprint density at radius 2 is 1.56 bits per heavy atom. The quantitative estimate of drug-likeness (QED) is 0.633. The van der Waals surface area contributed by atoms with Gasteiger partial charge in [0.25, 0.3) is 0 Å². The minimum Gasteiger partial charge on any atom is -0.375 e. The van der Waals surface area contributed by atoms with Crippen molar-refractivity contribution in [2.24, 2.45) is 17.8 Å². The molecule has 2 heteroatoms. The van der Waals surface area contributed by atoms with Crippen molar-refractivity contribution in [2.45, 2.75) is 46.3 Å². The summed E-state index contributed by atoms with van der Waals surface area (Å²) in [6.45, 7) is 13.4. The second-order valence-electron chi connectivity index (χ2n) is 8.53. The van der Waals surface area contributed by atoms with Crippen molar-refractivity contribution in [3.05, 3.63) is 71.8 Å². The van der Waals surface area contributed by atoms with Crippen LogP contribution in [0.15, 0.2) is 60.7 Å². The van der Waals surface area contributed by atoms with Crippen LogP contribution >= 0.6 is 0 Å². The van der Waals surface area contributed by atoms with E-state index in [4.69, 9.17) is 4.74 Å². The number of likely N-dealkylation sites (tertiary alicyclic amines) is 1. The first kappa shape index (κ1) is 20.1. The van der Waals surface area contributed by atoms with E-state index in [1.807, 2.05) is 0 Å². The first-order chi connectivity index (χ1) is 13.1. The van der Waals surface area contributed by atoms with Crippen LogP contribution in [-0.4, -0.2) is 30.6 Å². The Morgan fingerprint density at radius 1 is 0.926 bits per heavy atom. The summed E-state index contributed by atoms with van der Waals surface area (Å²) in [5.74, 6) is 2.65. The fourth-order valence-corrected chi connectivity index (χ4v) is 4.45. The van der Waals surface area contributed by atoms with Crippen molar-refractivity contribution in [1.82, 2.24) is 4.90 Å². The van der Waals surface area contributed by atoms with Crippen LogP contribution in [0, 0.1) is 17.8 Å². The molecule has 4 unspecified atom stereocenters. The van der Waals surface area contributed by atoms with Crippen LogP contribution in [-0.2, 0) is 11.3 Å². The summed E-state index contributed by atoms with van der Waals surface area (Å²) in [6.07, 6.45) is 0. The van der Waals surface area contributed by atoms with Gasteiger partial charge in [-0.3, -0.25) is 4.90 Å². The smallest absolute Gasteiger partial charge is 0.0717 e. The highest BCUT2D eigenvalue weighted by molar-refractivity contribution is 5.19. The molecule has 27 heavy (non-hydrogen) atoms. The number of hydrogen-bond donors (Lipinski definition) is 0. The molecule has 146 valence electrons. The Balaban J connectivity index is 1.65. The molecule has 0 amide bonds. The average molecular weight is 366 g/mol. The maximum absolute atomic E-state index is 6.19. The third-order valence-electron chi connectivity index (χ3n) is 6.60. The van der Waals surface area contributed by atoms with E-state index in [2.05, 4.69) is 93.3 Å². The fraction of sp³-hybridized carbons (Fsp3) is 0.520. The van der Waals surface area contributed by atoms with Crippen LogP contribution < -0.4 is 0 Å². The molecule has 0 bridgehead atoms. The van der Waals surface area contributed by atoms with Crippen LogP contribution in [0.5, 0.6) is 0 Å². The first-order valence-corrected chi connectivity index (χ1v) is 10.5. The van der Waals surface area contributed by atoms with Crippen LogP contribution in [0.3, 0.4) is 0 Å². The second-order valence-corrected chi connectivity index (χ2v) is 8.53. The molecule has 0 N–H and O–H groups in total. The number of piperidine rings is 1. The fourth-order valence-electron chi connectivity index (χ4n) is 4.45. The summed E-state index contributed by atoms with van der Waals surface area (Å²) < 4.78 is 6.19. The van der Waals surface area contributed by atoms with Crippen molar-refractivity contribution in [3.63, 3.8) is 0 Å². The lowest BCUT2D eigenvalue weighted by molar-refractivity contribution is -0.0325. The van der Waals surface area contributed by atoms with Gasteiger partial charge in [-0.25, -0.2) is 0 Å². The van der Waals surface area contributed by atoms with Gasteiger partial charge in [0.1, 0.15) is 0 Å².